The van der Waals surface area contributed by atoms with Crippen LogP contribution in [-0.2, 0) is 16.6 Å². The van der Waals surface area contributed by atoms with Gasteiger partial charge in [-0.05, 0) is 49.7 Å². The van der Waals surface area contributed by atoms with Crippen molar-refractivity contribution in [3.05, 3.63) is 64.7 Å². The Labute approximate surface area is 160 Å². The van der Waals surface area contributed by atoms with Gasteiger partial charge in [-0.3, -0.25) is 4.79 Å². The first-order valence-corrected chi connectivity index (χ1v) is 10.0. The molecule has 2 aromatic carbocycles. The molecule has 0 fully saturated rings. The van der Waals surface area contributed by atoms with E-state index >= 15 is 0 Å². The summed E-state index contributed by atoms with van der Waals surface area (Å²) in [6.07, 6.45) is 0. The van der Waals surface area contributed by atoms with Crippen molar-refractivity contribution >= 4 is 27.5 Å². The van der Waals surface area contributed by atoms with Crippen LogP contribution in [0.5, 0.6) is 0 Å². The highest BCUT2D eigenvalue weighted by atomic mass is 35.5. The SMILES string of the molecule is CC(C)N(C)S(=O)(=O)c1cccc(C(=O)N(C)Cc2cccc(Cl)c2)c1. The summed E-state index contributed by atoms with van der Waals surface area (Å²) in [5, 5.41) is 0.605. The first-order chi connectivity index (χ1) is 12.1. The van der Waals surface area contributed by atoms with E-state index in [1.54, 1.807) is 45.2 Å². The van der Waals surface area contributed by atoms with Gasteiger partial charge < -0.3 is 4.90 Å². The van der Waals surface area contributed by atoms with E-state index < -0.39 is 10.0 Å². The van der Waals surface area contributed by atoms with Gasteiger partial charge in [0.15, 0.2) is 0 Å². The zero-order valence-electron chi connectivity index (χ0n) is 15.3. The van der Waals surface area contributed by atoms with Gasteiger partial charge in [-0.2, -0.15) is 4.31 Å². The summed E-state index contributed by atoms with van der Waals surface area (Å²) in [6.45, 7) is 3.97. The van der Waals surface area contributed by atoms with E-state index in [0.717, 1.165) is 5.56 Å². The van der Waals surface area contributed by atoms with Crippen molar-refractivity contribution < 1.29 is 13.2 Å². The van der Waals surface area contributed by atoms with E-state index in [1.807, 2.05) is 12.1 Å². The van der Waals surface area contributed by atoms with Crippen LogP contribution >= 0.6 is 11.6 Å². The fourth-order valence-corrected chi connectivity index (χ4v) is 4.06. The lowest BCUT2D eigenvalue weighted by atomic mass is 10.1. The highest BCUT2D eigenvalue weighted by molar-refractivity contribution is 7.89. The van der Waals surface area contributed by atoms with Crippen LogP contribution in [0.3, 0.4) is 0 Å². The van der Waals surface area contributed by atoms with Gasteiger partial charge in [-0.15, -0.1) is 0 Å². The zero-order valence-corrected chi connectivity index (χ0v) is 16.9. The predicted molar refractivity (Wildman–Crippen MR) is 104 cm³/mol. The molecular formula is C19H23ClN2O3S. The molecule has 0 aliphatic heterocycles. The largest absolute Gasteiger partial charge is 0.337 e. The van der Waals surface area contributed by atoms with E-state index in [0.29, 0.717) is 17.1 Å². The molecule has 2 aromatic rings. The van der Waals surface area contributed by atoms with Crippen molar-refractivity contribution in [3.63, 3.8) is 0 Å². The summed E-state index contributed by atoms with van der Waals surface area (Å²) in [5.41, 5.74) is 1.23. The second kappa shape index (κ2) is 8.20. The minimum Gasteiger partial charge on any atom is -0.337 e. The lowest BCUT2D eigenvalue weighted by molar-refractivity contribution is 0.0785. The van der Waals surface area contributed by atoms with Gasteiger partial charge in [0.1, 0.15) is 0 Å². The molecule has 0 radical (unpaired) electrons. The number of carbonyl (C=O) groups is 1. The number of nitrogens with zero attached hydrogens (tertiary/aromatic N) is 2. The van der Waals surface area contributed by atoms with Gasteiger partial charge in [0.05, 0.1) is 4.90 Å². The molecule has 0 bridgehead atoms. The Morgan fingerprint density at radius 2 is 1.73 bits per heavy atom. The van der Waals surface area contributed by atoms with E-state index in [4.69, 9.17) is 11.6 Å². The normalized spacial score (nSPS) is 11.8. The molecule has 26 heavy (non-hydrogen) atoms. The van der Waals surface area contributed by atoms with Crippen molar-refractivity contribution in [1.29, 1.82) is 0 Å². The molecule has 0 aliphatic carbocycles. The molecule has 0 aromatic heterocycles. The van der Waals surface area contributed by atoms with Crippen molar-refractivity contribution in [1.82, 2.24) is 9.21 Å². The molecule has 0 atom stereocenters. The van der Waals surface area contributed by atoms with Gasteiger partial charge in [0, 0.05) is 37.3 Å². The summed E-state index contributed by atoms with van der Waals surface area (Å²) >= 11 is 5.98. The monoisotopic (exact) mass is 394 g/mol. The van der Waals surface area contributed by atoms with Gasteiger partial charge in [0.25, 0.3) is 5.91 Å². The summed E-state index contributed by atoms with van der Waals surface area (Å²) in [4.78, 5) is 14.3. The topological polar surface area (TPSA) is 57.7 Å². The number of amides is 1. The van der Waals surface area contributed by atoms with Gasteiger partial charge in [-0.25, -0.2) is 8.42 Å². The molecular weight excluding hydrogens is 372 g/mol. The van der Waals surface area contributed by atoms with Gasteiger partial charge >= 0.3 is 0 Å². The van der Waals surface area contributed by atoms with Crippen LogP contribution in [0, 0.1) is 0 Å². The number of hydrogen-bond donors (Lipinski definition) is 0. The first kappa shape index (κ1) is 20.4. The van der Waals surface area contributed by atoms with Crippen LogP contribution in [0.2, 0.25) is 5.02 Å². The third kappa shape index (κ3) is 4.63. The standard InChI is InChI=1S/C19H23ClN2O3S/c1-14(2)22(4)26(24,25)18-10-6-8-16(12-18)19(23)21(3)13-15-7-5-9-17(20)11-15/h5-12,14H,13H2,1-4H3. The Morgan fingerprint density at radius 3 is 2.35 bits per heavy atom. The second-order valence-corrected chi connectivity index (χ2v) is 8.87. The Hall–Kier alpha value is -1.89. The maximum absolute atomic E-state index is 12.7. The summed E-state index contributed by atoms with van der Waals surface area (Å²) in [6, 6.07) is 13.2. The predicted octanol–water partition coefficient (Wildman–Crippen LogP) is 3.64. The Morgan fingerprint density at radius 1 is 1.08 bits per heavy atom. The lowest BCUT2D eigenvalue weighted by Crippen LogP contribution is -2.33. The number of sulfonamides is 1. The number of benzene rings is 2. The van der Waals surface area contributed by atoms with E-state index in [-0.39, 0.29) is 16.8 Å². The fraction of sp³-hybridized carbons (Fsp3) is 0.316. The number of hydrogen-bond acceptors (Lipinski definition) is 3. The molecule has 0 unspecified atom stereocenters. The van der Waals surface area contributed by atoms with Gasteiger partial charge in [-0.1, -0.05) is 29.8 Å². The van der Waals surface area contributed by atoms with E-state index in [1.165, 1.54) is 28.4 Å². The minimum atomic E-state index is -3.64. The Bertz CT molecular complexity index is 897. The Kier molecular flexibility index (Phi) is 6.44. The van der Waals surface area contributed by atoms with Crippen LogP contribution < -0.4 is 0 Å². The van der Waals surface area contributed by atoms with Crippen LogP contribution in [0.4, 0.5) is 0 Å². The summed E-state index contributed by atoms with van der Waals surface area (Å²) < 4.78 is 26.6. The zero-order chi connectivity index (χ0) is 19.5. The number of rotatable bonds is 6. The fourth-order valence-electron chi connectivity index (χ4n) is 2.43. The maximum Gasteiger partial charge on any atom is 0.253 e. The third-order valence-electron chi connectivity index (χ3n) is 4.14. The number of halogens is 1. The van der Waals surface area contributed by atoms with E-state index in [2.05, 4.69) is 0 Å². The quantitative estimate of drug-likeness (QED) is 0.751. The molecule has 1 amide bonds. The molecule has 0 spiro atoms. The molecule has 7 heteroatoms. The van der Waals surface area contributed by atoms with Crippen molar-refractivity contribution in [2.45, 2.75) is 31.3 Å². The average Bonchev–Trinajstić information content (AvgIpc) is 2.60. The molecule has 0 heterocycles. The molecule has 140 valence electrons. The van der Waals surface area contributed by atoms with Crippen LogP contribution in [0.1, 0.15) is 29.8 Å². The maximum atomic E-state index is 12.7. The van der Waals surface area contributed by atoms with Crippen LogP contribution in [0.15, 0.2) is 53.4 Å². The smallest absolute Gasteiger partial charge is 0.253 e. The summed E-state index contributed by atoms with van der Waals surface area (Å²) in [5.74, 6) is -0.255. The first-order valence-electron chi connectivity index (χ1n) is 8.21. The highest BCUT2D eigenvalue weighted by Crippen LogP contribution is 2.19. The van der Waals surface area contributed by atoms with E-state index in [9.17, 15) is 13.2 Å². The third-order valence-corrected chi connectivity index (χ3v) is 6.41. The Balaban J connectivity index is 2.25. The second-order valence-electron chi connectivity index (χ2n) is 6.43. The number of carbonyl (C=O) groups excluding carboxylic acids is 1. The van der Waals surface area contributed by atoms with Crippen molar-refractivity contribution in [2.24, 2.45) is 0 Å². The lowest BCUT2D eigenvalue weighted by Gasteiger charge is -2.22. The van der Waals surface area contributed by atoms with Crippen molar-refractivity contribution in [2.75, 3.05) is 14.1 Å². The van der Waals surface area contributed by atoms with Crippen LogP contribution in [-0.4, -0.2) is 43.7 Å². The van der Waals surface area contributed by atoms with Gasteiger partial charge in [0.2, 0.25) is 10.0 Å². The molecule has 0 saturated carbocycles. The highest BCUT2D eigenvalue weighted by Gasteiger charge is 2.24. The minimum absolute atomic E-state index is 0.107. The molecule has 5 nitrogen and oxygen atoms in total. The molecule has 2 rings (SSSR count). The molecule has 0 aliphatic rings. The van der Waals surface area contributed by atoms with Crippen molar-refractivity contribution in [3.8, 4) is 0 Å². The molecule has 0 saturated heterocycles. The van der Waals surface area contributed by atoms with Crippen LogP contribution in [0.25, 0.3) is 0 Å². The average molecular weight is 395 g/mol. The summed E-state index contributed by atoms with van der Waals surface area (Å²) in [7, 11) is -0.440. The molecule has 0 N–H and O–H groups in total.